The molecule has 1 aliphatic carbocycles. The van der Waals surface area contributed by atoms with Crippen molar-refractivity contribution in [3.8, 4) is 12.1 Å². The summed E-state index contributed by atoms with van der Waals surface area (Å²) in [5.74, 6) is 0.929. The van der Waals surface area contributed by atoms with E-state index in [0.717, 1.165) is 45.5 Å². The molecule has 2 heterocycles. The maximum atomic E-state index is 9.98. The SMILES string of the molecule is N#CC1=C(C2CCCC2)Nc2n[nH]cc2C1c1cccc(C#N)c1Br. The fraction of sp³-hybridized carbons (Fsp3) is 0.316. The summed E-state index contributed by atoms with van der Waals surface area (Å²) < 4.78 is 0.745. The molecule has 2 aliphatic rings. The summed E-state index contributed by atoms with van der Waals surface area (Å²) >= 11 is 3.57. The van der Waals surface area contributed by atoms with E-state index in [2.05, 4.69) is 43.6 Å². The van der Waals surface area contributed by atoms with Crippen molar-refractivity contribution in [3.05, 3.63) is 56.8 Å². The number of halogens is 1. The molecule has 5 nitrogen and oxygen atoms in total. The summed E-state index contributed by atoms with van der Waals surface area (Å²) in [5, 5.41) is 30.0. The summed E-state index contributed by atoms with van der Waals surface area (Å²) in [5.41, 5.74) is 4.17. The smallest absolute Gasteiger partial charge is 0.156 e. The molecule has 1 atom stereocenters. The van der Waals surface area contributed by atoms with Crippen molar-refractivity contribution in [1.29, 1.82) is 10.5 Å². The van der Waals surface area contributed by atoms with Crippen LogP contribution in [0, 0.1) is 28.6 Å². The third kappa shape index (κ3) is 2.54. The minimum atomic E-state index is -0.224. The summed E-state index contributed by atoms with van der Waals surface area (Å²) in [6.45, 7) is 0. The van der Waals surface area contributed by atoms with Crippen LogP contribution >= 0.6 is 15.9 Å². The summed E-state index contributed by atoms with van der Waals surface area (Å²) in [6.07, 6.45) is 6.42. The second-order valence-electron chi connectivity index (χ2n) is 6.49. The lowest BCUT2D eigenvalue weighted by Crippen LogP contribution is -2.22. The van der Waals surface area contributed by atoms with Crippen molar-refractivity contribution in [2.24, 2.45) is 5.92 Å². The topological polar surface area (TPSA) is 88.3 Å². The molecule has 1 aromatic carbocycles. The lowest BCUT2D eigenvalue weighted by atomic mass is 9.80. The third-order valence-corrected chi connectivity index (χ3v) is 6.04. The number of rotatable bonds is 2. The van der Waals surface area contributed by atoms with Crippen molar-refractivity contribution in [1.82, 2.24) is 10.2 Å². The third-order valence-electron chi connectivity index (χ3n) is 5.16. The van der Waals surface area contributed by atoms with Crippen LogP contribution in [0.4, 0.5) is 5.82 Å². The molecule has 4 rings (SSSR count). The Kier molecular flexibility index (Phi) is 4.07. The Morgan fingerprint density at radius 1 is 1.12 bits per heavy atom. The molecule has 6 heteroatoms. The molecular formula is C19H16BrN5. The van der Waals surface area contributed by atoms with E-state index < -0.39 is 0 Å². The predicted octanol–water partition coefficient (Wildman–Crippen LogP) is 4.57. The van der Waals surface area contributed by atoms with Gasteiger partial charge in [0.1, 0.15) is 6.07 Å². The van der Waals surface area contributed by atoms with Gasteiger partial charge in [0.05, 0.1) is 23.1 Å². The van der Waals surface area contributed by atoms with Gasteiger partial charge in [-0.05, 0) is 40.4 Å². The van der Waals surface area contributed by atoms with Crippen LogP contribution < -0.4 is 5.32 Å². The van der Waals surface area contributed by atoms with Gasteiger partial charge in [0, 0.05) is 27.8 Å². The van der Waals surface area contributed by atoms with Gasteiger partial charge in [-0.2, -0.15) is 15.6 Å². The second kappa shape index (κ2) is 6.38. The van der Waals surface area contributed by atoms with E-state index in [1.807, 2.05) is 18.3 Å². The summed E-state index contributed by atoms with van der Waals surface area (Å²) in [7, 11) is 0. The Morgan fingerprint density at radius 3 is 2.64 bits per heavy atom. The zero-order valence-electron chi connectivity index (χ0n) is 13.5. The molecule has 2 aromatic rings. The van der Waals surface area contributed by atoms with E-state index in [0.29, 0.717) is 11.5 Å². The number of anilines is 1. The van der Waals surface area contributed by atoms with Crippen LogP contribution in [-0.4, -0.2) is 10.2 Å². The van der Waals surface area contributed by atoms with E-state index in [1.165, 1.54) is 12.8 Å². The molecule has 0 radical (unpaired) electrons. The number of nitrogens with one attached hydrogen (secondary N) is 2. The first kappa shape index (κ1) is 15.9. The maximum Gasteiger partial charge on any atom is 0.156 e. The number of hydrogen-bond acceptors (Lipinski definition) is 4. The first-order valence-electron chi connectivity index (χ1n) is 8.38. The molecule has 0 amide bonds. The van der Waals surface area contributed by atoms with Crippen molar-refractivity contribution in [2.45, 2.75) is 31.6 Å². The summed E-state index contributed by atoms with van der Waals surface area (Å²) in [6, 6.07) is 10.3. The van der Waals surface area contributed by atoms with Crippen LogP contribution in [0.3, 0.4) is 0 Å². The monoisotopic (exact) mass is 393 g/mol. The van der Waals surface area contributed by atoms with Crippen LogP contribution in [-0.2, 0) is 0 Å². The predicted molar refractivity (Wildman–Crippen MR) is 97.5 cm³/mol. The Balaban J connectivity index is 1.93. The van der Waals surface area contributed by atoms with Gasteiger partial charge >= 0.3 is 0 Å². The number of allylic oxidation sites excluding steroid dienone is 2. The number of H-pyrrole nitrogens is 1. The van der Waals surface area contributed by atoms with E-state index in [4.69, 9.17) is 0 Å². The van der Waals surface area contributed by atoms with Gasteiger partial charge in [0.15, 0.2) is 5.82 Å². The van der Waals surface area contributed by atoms with Crippen molar-refractivity contribution >= 4 is 21.7 Å². The van der Waals surface area contributed by atoms with Crippen molar-refractivity contribution in [2.75, 3.05) is 5.32 Å². The van der Waals surface area contributed by atoms with Crippen molar-refractivity contribution in [3.63, 3.8) is 0 Å². The van der Waals surface area contributed by atoms with Gasteiger partial charge < -0.3 is 5.32 Å². The minimum absolute atomic E-state index is 0.224. The van der Waals surface area contributed by atoms with Crippen LogP contribution in [0.5, 0.6) is 0 Å². The first-order chi connectivity index (χ1) is 12.2. The molecule has 1 fully saturated rings. The van der Waals surface area contributed by atoms with E-state index in [9.17, 15) is 10.5 Å². The average Bonchev–Trinajstić information content (AvgIpc) is 3.31. The second-order valence-corrected chi connectivity index (χ2v) is 7.28. The normalized spacial score (nSPS) is 19.9. The standard InChI is InChI=1S/C19H16BrN5/c20-17-12(8-21)6-3-7-13(17)16-14(9-22)18(11-4-1-2-5-11)24-19-15(16)10-23-25-19/h3,6-7,10-11,16H,1-2,4-5H2,(H2,23,24,25). The lowest BCUT2D eigenvalue weighted by Gasteiger charge is -2.29. The molecule has 0 spiro atoms. The van der Waals surface area contributed by atoms with Crippen LogP contribution in [0.25, 0.3) is 0 Å². The zero-order valence-corrected chi connectivity index (χ0v) is 15.1. The molecule has 0 saturated heterocycles. The average molecular weight is 394 g/mol. The highest BCUT2D eigenvalue weighted by molar-refractivity contribution is 9.10. The van der Waals surface area contributed by atoms with Crippen LogP contribution in [0.2, 0.25) is 0 Å². The number of benzene rings is 1. The first-order valence-corrected chi connectivity index (χ1v) is 9.17. The quantitative estimate of drug-likeness (QED) is 0.781. The van der Waals surface area contributed by atoms with Gasteiger partial charge in [0.2, 0.25) is 0 Å². The highest BCUT2D eigenvalue weighted by Gasteiger charge is 2.36. The highest BCUT2D eigenvalue weighted by Crippen LogP contribution is 2.46. The number of fused-ring (bicyclic) bond motifs is 1. The number of hydrogen-bond donors (Lipinski definition) is 2. The highest BCUT2D eigenvalue weighted by atomic mass is 79.9. The number of aromatic amines is 1. The molecule has 1 saturated carbocycles. The van der Waals surface area contributed by atoms with Gasteiger partial charge in [-0.1, -0.05) is 25.0 Å². The van der Waals surface area contributed by atoms with Gasteiger partial charge in [-0.25, -0.2) is 0 Å². The molecule has 1 unspecified atom stereocenters. The van der Waals surface area contributed by atoms with Crippen LogP contribution in [0.1, 0.15) is 48.3 Å². The van der Waals surface area contributed by atoms with Crippen LogP contribution in [0.15, 0.2) is 40.1 Å². The van der Waals surface area contributed by atoms with E-state index in [-0.39, 0.29) is 5.92 Å². The fourth-order valence-electron chi connectivity index (χ4n) is 3.97. The fourth-order valence-corrected chi connectivity index (χ4v) is 4.55. The Bertz CT molecular complexity index is 937. The molecular weight excluding hydrogens is 378 g/mol. The lowest BCUT2D eigenvalue weighted by molar-refractivity contribution is 0.630. The van der Waals surface area contributed by atoms with E-state index in [1.54, 1.807) is 6.07 Å². The van der Waals surface area contributed by atoms with E-state index >= 15 is 0 Å². The van der Waals surface area contributed by atoms with Gasteiger partial charge in [0.25, 0.3) is 0 Å². The molecule has 1 aliphatic heterocycles. The number of nitrogens with zero attached hydrogens (tertiary/aromatic N) is 3. The Morgan fingerprint density at radius 2 is 1.92 bits per heavy atom. The zero-order chi connectivity index (χ0) is 17.4. The largest absolute Gasteiger partial charge is 0.341 e. The summed E-state index contributed by atoms with van der Waals surface area (Å²) in [4.78, 5) is 0. The molecule has 25 heavy (non-hydrogen) atoms. The molecule has 124 valence electrons. The number of nitriles is 2. The maximum absolute atomic E-state index is 9.98. The van der Waals surface area contributed by atoms with Gasteiger partial charge in [-0.3, -0.25) is 5.10 Å². The Hall–Kier alpha value is -2.57. The molecule has 0 bridgehead atoms. The Labute approximate surface area is 154 Å². The number of aromatic nitrogens is 2. The molecule has 2 N–H and O–H groups in total. The van der Waals surface area contributed by atoms with Gasteiger partial charge in [-0.15, -0.1) is 0 Å². The van der Waals surface area contributed by atoms with Crippen molar-refractivity contribution < 1.29 is 0 Å². The minimum Gasteiger partial charge on any atom is -0.341 e. The molecule has 1 aromatic heterocycles.